The Kier molecular flexibility index (Phi) is 9.92. The first-order valence-corrected chi connectivity index (χ1v) is 18.5. The molecule has 1 fully saturated rings. The second-order valence-electron chi connectivity index (χ2n) is 13.6. The van der Waals surface area contributed by atoms with E-state index >= 15 is 4.39 Å². The number of nitrogens with zero attached hydrogens (tertiary/aromatic N) is 8. The number of carbonyl (C=O) groups excluding carboxylic acids is 1. The molecule has 1 aliphatic rings. The zero-order valence-electron chi connectivity index (χ0n) is 30.0. The number of nitrogens with one attached hydrogen (secondary N) is 1. The number of amides is 1. The molecule has 1 amide bonds. The molecule has 1 N–H and O–H groups in total. The van der Waals surface area contributed by atoms with Gasteiger partial charge in [0.05, 0.1) is 47.1 Å². The van der Waals surface area contributed by atoms with Crippen LogP contribution in [0.5, 0.6) is 0 Å². The Balaban J connectivity index is 1.27. The van der Waals surface area contributed by atoms with Crippen LogP contribution in [0.3, 0.4) is 0 Å². The summed E-state index contributed by atoms with van der Waals surface area (Å²) in [5, 5.41) is 17.5. The Morgan fingerprint density at radius 3 is 2.52 bits per heavy atom. The molecule has 0 spiro atoms. The summed E-state index contributed by atoms with van der Waals surface area (Å²) in [6.07, 6.45) is 8.30. The van der Waals surface area contributed by atoms with Gasteiger partial charge in [-0.15, -0.1) is 0 Å². The number of anilines is 3. The van der Waals surface area contributed by atoms with Gasteiger partial charge in [-0.25, -0.2) is 17.8 Å². The van der Waals surface area contributed by atoms with E-state index in [1.807, 2.05) is 48.1 Å². The van der Waals surface area contributed by atoms with Gasteiger partial charge in [0, 0.05) is 70.5 Å². The molecule has 0 atom stereocenters. The van der Waals surface area contributed by atoms with Crippen LogP contribution in [0.15, 0.2) is 67.3 Å². The quantitative estimate of drug-likeness (QED) is 0.226. The fourth-order valence-electron chi connectivity index (χ4n) is 6.10. The Hall–Kier alpha value is -5.54. The maximum atomic E-state index is 15.5. The molecule has 0 radical (unpaired) electrons. The highest BCUT2D eigenvalue weighted by molar-refractivity contribution is 7.88. The molecule has 3 aromatic heterocycles. The van der Waals surface area contributed by atoms with Crippen molar-refractivity contribution >= 4 is 38.6 Å². The van der Waals surface area contributed by atoms with Crippen molar-refractivity contribution in [3.05, 3.63) is 107 Å². The largest absolute Gasteiger partial charge is 0.350 e. The third kappa shape index (κ3) is 7.70. The average molecular weight is 722 g/mol. The van der Waals surface area contributed by atoms with E-state index in [1.54, 1.807) is 51.0 Å². The minimum Gasteiger partial charge on any atom is -0.350 e. The number of imidazole rings is 1. The van der Waals surface area contributed by atoms with Crippen LogP contribution in [-0.4, -0.2) is 82.2 Å². The van der Waals surface area contributed by atoms with Gasteiger partial charge in [-0.3, -0.25) is 18.8 Å². The molecular weight excluding hydrogens is 682 g/mol. The van der Waals surface area contributed by atoms with Crippen molar-refractivity contribution in [2.75, 3.05) is 49.7 Å². The van der Waals surface area contributed by atoms with Crippen LogP contribution < -0.4 is 10.2 Å². The fraction of sp³-hybridized carbons (Fsp3) is 0.316. The van der Waals surface area contributed by atoms with Crippen molar-refractivity contribution in [2.45, 2.75) is 32.7 Å². The lowest BCUT2D eigenvalue weighted by atomic mass is 9.85. The lowest BCUT2D eigenvalue weighted by molar-refractivity contribution is 0.0989. The lowest BCUT2D eigenvalue weighted by Gasteiger charge is -2.33. The van der Waals surface area contributed by atoms with Crippen molar-refractivity contribution in [2.24, 2.45) is 7.05 Å². The normalized spacial score (nSPS) is 14.1. The second kappa shape index (κ2) is 14.2. The molecule has 0 unspecified atom stereocenters. The minimum absolute atomic E-state index is 0.137. The minimum atomic E-state index is -3.27. The summed E-state index contributed by atoms with van der Waals surface area (Å²) in [7, 11) is 0.147. The lowest BCUT2D eigenvalue weighted by Crippen LogP contribution is -2.47. The highest BCUT2D eigenvalue weighted by Gasteiger charge is 2.27. The van der Waals surface area contributed by atoms with E-state index in [0.29, 0.717) is 66.4 Å². The van der Waals surface area contributed by atoms with E-state index in [1.165, 1.54) is 27.6 Å². The average Bonchev–Trinajstić information content (AvgIpc) is 3.72. The van der Waals surface area contributed by atoms with Gasteiger partial charge in [-0.05, 0) is 79.8 Å². The number of fused-ring (bicyclic) bond motifs is 1. The van der Waals surface area contributed by atoms with Crippen molar-refractivity contribution in [1.82, 2.24) is 28.4 Å². The molecular formula is C38H40FN9O3S. The van der Waals surface area contributed by atoms with Crippen molar-refractivity contribution in [1.29, 1.82) is 5.26 Å². The summed E-state index contributed by atoms with van der Waals surface area (Å²) in [6, 6.07) is 14.5. The topological polar surface area (TPSA) is 132 Å². The van der Waals surface area contributed by atoms with Crippen LogP contribution in [0, 0.1) is 35.9 Å². The van der Waals surface area contributed by atoms with E-state index in [0.717, 1.165) is 16.9 Å². The number of benzene rings is 2. The van der Waals surface area contributed by atoms with Crippen LogP contribution in [0.2, 0.25) is 0 Å². The molecule has 52 heavy (non-hydrogen) atoms. The zero-order chi connectivity index (χ0) is 37.4. The molecule has 6 rings (SSSR count). The van der Waals surface area contributed by atoms with Gasteiger partial charge in [-0.1, -0.05) is 12.0 Å². The summed E-state index contributed by atoms with van der Waals surface area (Å²) in [4.78, 5) is 22.0. The van der Waals surface area contributed by atoms with Gasteiger partial charge < -0.3 is 10.2 Å². The molecule has 5 aromatic rings. The van der Waals surface area contributed by atoms with Gasteiger partial charge in [0.1, 0.15) is 11.5 Å². The van der Waals surface area contributed by atoms with Gasteiger partial charge in [0.25, 0.3) is 5.91 Å². The Bertz CT molecular complexity index is 2390. The number of aromatic nitrogens is 4. The maximum Gasteiger partial charge on any atom is 0.261 e. The molecule has 4 heterocycles. The number of hydrogen-bond acceptors (Lipinski definition) is 8. The first-order valence-electron chi connectivity index (χ1n) is 16.7. The van der Waals surface area contributed by atoms with Crippen LogP contribution >= 0.6 is 0 Å². The Morgan fingerprint density at radius 1 is 1.10 bits per heavy atom. The summed E-state index contributed by atoms with van der Waals surface area (Å²) in [5.41, 5.74) is 5.00. The van der Waals surface area contributed by atoms with E-state index in [-0.39, 0.29) is 5.56 Å². The number of pyridine rings is 1. The summed E-state index contributed by atoms with van der Waals surface area (Å²) < 4.78 is 44.5. The molecule has 0 aliphatic carbocycles. The number of nitriles is 1. The number of aryl methyl sites for hydroxylation is 2. The van der Waals surface area contributed by atoms with Crippen LogP contribution in [0.1, 0.15) is 52.2 Å². The monoisotopic (exact) mass is 721 g/mol. The van der Waals surface area contributed by atoms with Crippen LogP contribution in [-0.2, 0) is 29.0 Å². The first kappa shape index (κ1) is 36.3. The zero-order valence-corrected chi connectivity index (χ0v) is 30.8. The number of carbonyl (C=O) groups is 1. The molecule has 1 saturated heterocycles. The number of piperazine rings is 1. The van der Waals surface area contributed by atoms with Gasteiger partial charge in [0.2, 0.25) is 10.0 Å². The highest BCUT2D eigenvalue weighted by Crippen LogP contribution is 2.30. The van der Waals surface area contributed by atoms with Crippen molar-refractivity contribution in [3.63, 3.8) is 0 Å². The molecule has 2 aromatic carbocycles. The van der Waals surface area contributed by atoms with E-state index in [9.17, 15) is 18.5 Å². The fourth-order valence-corrected chi connectivity index (χ4v) is 6.93. The SMILES string of the molecule is Cc1cc(F)c(C(=O)N(C)c2cc(CN3CCN(S(C)(=O)=O)CC3)cc(C(C)(C)C#N)c2)cc1C#Cc1cnc2c(Nc3cnn(C)c3)cccn12. The number of sulfonamides is 1. The summed E-state index contributed by atoms with van der Waals surface area (Å²) in [5.74, 6) is 5.02. The Labute approximate surface area is 303 Å². The van der Waals surface area contributed by atoms with Crippen molar-refractivity contribution in [3.8, 4) is 17.9 Å². The molecule has 14 heteroatoms. The predicted molar refractivity (Wildman–Crippen MR) is 198 cm³/mol. The predicted octanol–water partition coefficient (Wildman–Crippen LogP) is 4.81. The Morgan fingerprint density at radius 2 is 1.85 bits per heavy atom. The van der Waals surface area contributed by atoms with E-state index < -0.39 is 27.2 Å². The second-order valence-corrected chi connectivity index (χ2v) is 15.6. The molecule has 268 valence electrons. The molecule has 12 nitrogen and oxygen atoms in total. The number of halogens is 1. The van der Waals surface area contributed by atoms with Crippen molar-refractivity contribution < 1.29 is 17.6 Å². The standard InChI is InChI=1S/C38H40FN9O3S/c1-26-16-34(39)33(19-28(26)9-10-31-22-41-36-35(8-7-11-48(31)36)43-30-21-42-44(4)24-30)37(49)45(5)32-18-27(17-29(20-32)38(2,3)25-40)23-46-12-14-47(15-13-46)52(6,50)51/h7-8,11,16-22,24,43H,12-15,23H2,1-6H3. The van der Waals surface area contributed by atoms with Gasteiger partial charge in [-0.2, -0.15) is 14.7 Å². The third-order valence-electron chi connectivity index (χ3n) is 9.27. The maximum absolute atomic E-state index is 15.5. The smallest absolute Gasteiger partial charge is 0.261 e. The summed E-state index contributed by atoms with van der Waals surface area (Å²) >= 11 is 0. The number of hydrogen-bond donors (Lipinski definition) is 1. The third-order valence-corrected chi connectivity index (χ3v) is 10.6. The van der Waals surface area contributed by atoms with E-state index in [2.05, 4.69) is 38.2 Å². The first-order chi connectivity index (χ1) is 24.6. The van der Waals surface area contributed by atoms with Gasteiger partial charge >= 0.3 is 0 Å². The molecule has 1 aliphatic heterocycles. The van der Waals surface area contributed by atoms with Gasteiger partial charge in [0.15, 0.2) is 5.65 Å². The van der Waals surface area contributed by atoms with E-state index in [4.69, 9.17) is 0 Å². The highest BCUT2D eigenvalue weighted by atomic mass is 32.2. The van der Waals surface area contributed by atoms with Crippen LogP contribution in [0.25, 0.3) is 5.65 Å². The molecule has 0 bridgehead atoms. The van der Waals surface area contributed by atoms with Crippen LogP contribution in [0.4, 0.5) is 21.5 Å². The number of rotatable bonds is 8. The summed E-state index contributed by atoms with van der Waals surface area (Å²) in [6.45, 7) is 7.68. The molecule has 0 saturated carbocycles.